The number of aliphatic hydroxyl groups excluding tert-OH is 1. The molecule has 0 bridgehead atoms. The lowest BCUT2D eigenvalue weighted by Crippen LogP contribution is -2.51. The summed E-state index contributed by atoms with van der Waals surface area (Å²) >= 11 is 0. The molecule has 0 amide bonds. The van der Waals surface area contributed by atoms with E-state index in [0.29, 0.717) is 0 Å². The van der Waals surface area contributed by atoms with Gasteiger partial charge in [-0.25, -0.2) is 0 Å². The molecule has 0 aliphatic carbocycles. The fourth-order valence-corrected chi connectivity index (χ4v) is 15.4. The van der Waals surface area contributed by atoms with Crippen molar-refractivity contribution in [3.63, 3.8) is 0 Å². The molecule has 0 saturated carbocycles. The highest BCUT2D eigenvalue weighted by Gasteiger charge is 2.39. The molecule has 19 heavy (non-hydrogen) atoms. The van der Waals surface area contributed by atoms with Crippen molar-refractivity contribution < 1.29 is 13.7 Å². The Hall–Kier alpha value is 0.111. The molecule has 0 fully saturated rings. The molecular formula is C13H30O3Si3. The van der Waals surface area contributed by atoms with Crippen molar-refractivity contribution in [2.75, 3.05) is 6.61 Å². The van der Waals surface area contributed by atoms with E-state index in [1.165, 1.54) is 0 Å². The molecule has 0 saturated heterocycles. The number of allylic oxidation sites excluding steroid dienone is 1. The maximum Gasteiger partial charge on any atom is 0.285 e. The van der Waals surface area contributed by atoms with Gasteiger partial charge in [0.15, 0.2) is 8.32 Å². The molecule has 0 rings (SSSR count). The zero-order chi connectivity index (χ0) is 14.9. The Balaban J connectivity index is 4.09. The Morgan fingerprint density at radius 3 is 2.21 bits per heavy atom. The average Bonchev–Trinajstić information content (AvgIpc) is 2.25. The summed E-state index contributed by atoms with van der Waals surface area (Å²) < 4.78 is 18.3. The van der Waals surface area contributed by atoms with E-state index in [0.717, 1.165) is 31.7 Å². The highest BCUT2D eigenvalue weighted by atomic mass is 29.2. The van der Waals surface area contributed by atoms with Crippen LogP contribution in [0.15, 0.2) is 12.2 Å². The van der Waals surface area contributed by atoms with Crippen LogP contribution in [0, 0.1) is 0 Å². The Bertz CT molecular complexity index is 300. The van der Waals surface area contributed by atoms with E-state index in [1.54, 1.807) is 6.08 Å². The molecule has 112 valence electrons. The lowest BCUT2D eigenvalue weighted by Gasteiger charge is -2.32. The molecule has 1 atom stereocenters. The van der Waals surface area contributed by atoms with Gasteiger partial charge in [-0.05, 0) is 51.6 Å². The van der Waals surface area contributed by atoms with Gasteiger partial charge in [-0.15, -0.1) is 0 Å². The summed E-state index contributed by atoms with van der Waals surface area (Å²) in [7, 11) is -5.13. The molecule has 0 aromatic heterocycles. The van der Waals surface area contributed by atoms with E-state index < -0.39 is 24.4 Å². The number of hydrogen-bond donors (Lipinski definition) is 1. The van der Waals surface area contributed by atoms with Crippen molar-refractivity contribution in [3.05, 3.63) is 12.2 Å². The van der Waals surface area contributed by atoms with E-state index >= 15 is 0 Å². The van der Waals surface area contributed by atoms with Crippen LogP contribution in [0.25, 0.3) is 0 Å². The fourth-order valence-electron chi connectivity index (χ4n) is 2.07. The zero-order valence-corrected chi connectivity index (χ0v) is 16.2. The number of unbranched alkanes of at least 4 members (excludes halogenated alkanes) is 3. The first-order chi connectivity index (χ1) is 8.71. The normalized spacial score (nSPS) is 15.7. The molecule has 3 nitrogen and oxygen atoms in total. The van der Waals surface area contributed by atoms with Crippen molar-refractivity contribution in [1.82, 2.24) is 0 Å². The average molecular weight is 319 g/mol. The number of rotatable bonds is 10. The highest BCUT2D eigenvalue weighted by molar-refractivity contribution is 7.25. The predicted octanol–water partition coefficient (Wildman–Crippen LogP) is 3.65. The monoisotopic (exact) mass is 318 g/mol. The van der Waals surface area contributed by atoms with Crippen LogP contribution in [0.4, 0.5) is 0 Å². The zero-order valence-electron chi connectivity index (χ0n) is 13.2. The van der Waals surface area contributed by atoms with Crippen LogP contribution in [0.1, 0.15) is 25.7 Å². The minimum absolute atomic E-state index is 0.132. The Morgan fingerprint density at radius 2 is 1.74 bits per heavy atom. The van der Waals surface area contributed by atoms with E-state index in [9.17, 15) is 4.46 Å². The van der Waals surface area contributed by atoms with Gasteiger partial charge in [-0.1, -0.05) is 25.0 Å². The van der Waals surface area contributed by atoms with Crippen LogP contribution in [0.3, 0.4) is 0 Å². The summed E-state index contributed by atoms with van der Waals surface area (Å²) in [6.07, 6.45) is 8.25. The largest absolute Gasteiger partial charge is 0.453 e. The summed E-state index contributed by atoms with van der Waals surface area (Å²) in [6.45, 7) is 10.7. The molecule has 1 N–H and O–H groups in total. The summed E-state index contributed by atoms with van der Waals surface area (Å²) in [6, 6.07) is 1.02. The SMILES string of the molecule is C[Si](=O)[Si](C)(CCCCC/C=C/CO)O[Si](C)(C)C. The first-order valence-electron chi connectivity index (χ1n) is 7.18. The molecule has 0 heterocycles. The quantitative estimate of drug-likeness (QED) is 0.380. The van der Waals surface area contributed by atoms with Crippen LogP contribution >= 0.6 is 0 Å². The molecule has 1 unspecified atom stereocenters. The minimum atomic E-state index is -1.99. The molecule has 0 radical (unpaired) electrons. The van der Waals surface area contributed by atoms with Crippen molar-refractivity contribution in [2.45, 2.75) is 64.5 Å². The first-order valence-corrected chi connectivity index (χ1v) is 16.1. The summed E-state index contributed by atoms with van der Waals surface area (Å²) in [5.74, 6) is 0. The fraction of sp³-hybridized carbons (Fsp3) is 0.846. The molecule has 0 aliphatic rings. The first kappa shape index (κ1) is 19.1. The van der Waals surface area contributed by atoms with Gasteiger partial charge in [-0.2, -0.15) is 0 Å². The highest BCUT2D eigenvalue weighted by Crippen LogP contribution is 2.22. The lowest BCUT2D eigenvalue weighted by molar-refractivity contribution is 0.342. The van der Waals surface area contributed by atoms with E-state index in [1.807, 2.05) is 12.6 Å². The van der Waals surface area contributed by atoms with Gasteiger partial charge in [0.2, 0.25) is 7.83 Å². The van der Waals surface area contributed by atoms with Gasteiger partial charge in [0.25, 0.3) is 8.20 Å². The van der Waals surface area contributed by atoms with Gasteiger partial charge in [-0.3, -0.25) is 0 Å². The van der Waals surface area contributed by atoms with Gasteiger partial charge < -0.3 is 13.7 Å². The maximum absolute atomic E-state index is 12.1. The summed E-state index contributed by atoms with van der Waals surface area (Å²) in [5.41, 5.74) is 0. The second kappa shape index (κ2) is 9.12. The maximum atomic E-state index is 12.1. The lowest BCUT2D eigenvalue weighted by atomic mass is 10.2. The second-order valence-corrected chi connectivity index (χ2v) is 20.7. The smallest absolute Gasteiger partial charge is 0.285 e. The summed E-state index contributed by atoms with van der Waals surface area (Å²) in [4.78, 5) is 0. The number of aliphatic hydroxyl groups is 1. The van der Waals surface area contributed by atoms with Crippen LogP contribution in [-0.4, -0.2) is 36.1 Å². The third-order valence-corrected chi connectivity index (χ3v) is 16.3. The van der Waals surface area contributed by atoms with E-state index in [2.05, 4.69) is 26.2 Å². The third kappa shape index (κ3) is 9.62. The molecular weight excluding hydrogens is 288 g/mol. The van der Waals surface area contributed by atoms with Crippen LogP contribution in [0.5, 0.6) is 0 Å². The van der Waals surface area contributed by atoms with Gasteiger partial charge in [0, 0.05) is 0 Å². The van der Waals surface area contributed by atoms with Gasteiger partial charge >= 0.3 is 0 Å². The third-order valence-electron chi connectivity index (χ3n) is 3.07. The number of hydrogen-bond acceptors (Lipinski definition) is 3. The molecule has 0 aromatic carbocycles. The standard InChI is InChI=1S/C13H30O3Si3/c1-17(15)19(5,16-18(2,3)4)13-11-9-7-6-8-10-12-14/h8,10,14H,6-7,9,11-13H2,1-5H3/b10-8+. The van der Waals surface area contributed by atoms with Crippen molar-refractivity contribution in [2.24, 2.45) is 0 Å². The molecule has 0 aromatic rings. The van der Waals surface area contributed by atoms with Crippen molar-refractivity contribution in [3.8, 4) is 0 Å². The van der Waals surface area contributed by atoms with Gasteiger partial charge in [0.1, 0.15) is 0 Å². The molecule has 6 heteroatoms. The van der Waals surface area contributed by atoms with Crippen LogP contribution in [0.2, 0.25) is 38.8 Å². The van der Waals surface area contributed by atoms with E-state index in [-0.39, 0.29) is 6.61 Å². The Labute approximate surface area is 121 Å². The Morgan fingerprint density at radius 1 is 1.11 bits per heavy atom. The Kier molecular flexibility index (Phi) is 9.17. The van der Waals surface area contributed by atoms with Crippen molar-refractivity contribution in [1.29, 1.82) is 0 Å². The van der Waals surface area contributed by atoms with Crippen molar-refractivity contribution >= 4 is 24.4 Å². The van der Waals surface area contributed by atoms with Crippen LogP contribution in [-0.2, 0) is 8.58 Å². The molecule has 0 spiro atoms. The minimum Gasteiger partial charge on any atom is -0.453 e. The second-order valence-electron chi connectivity index (χ2n) is 6.25. The van der Waals surface area contributed by atoms with E-state index in [4.69, 9.17) is 9.22 Å². The molecule has 0 aliphatic heterocycles. The van der Waals surface area contributed by atoms with Crippen LogP contribution < -0.4 is 0 Å². The topological polar surface area (TPSA) is 46.5 Å². The summed E-state index contributed by atoms with van der Waals surface area (Å²) in [5, 5.41) is 8.62. The van der Waals surface area contributed by atoms with Gasteiger partial charge in [0.05, 0.1) is 6.61 Å². The predicted molar refractivity (Wildman–Crippen MR) is 87.9 cm³/mol.